The summed E-state index contributed by atoms with van der Waals surface area (Å²) in [6.07, 6.45) is 0.858. The molecular weight excluding hydrogens is 214 g/mol. The molecule has 0 aromatic heterocycles. The number of nitrogens with one attached hydrogen (secondary N) is 1. The van der Waals surface area contributed by atoms with Crippen LogP contribution in [0.25, 0.3) is 0 Å². The minimum absolute atomic E-state index is 0.153. The van der Waals surface area contributed by atoms with Gasteiger partial charge in [0.15, 0.2) is 0 Å². The predicted molar refractivity (Wildman–Crippen MR) is 60.9 cm³/mol. The van der Waals surface area contributed by atoms with Gasteiger partial charge in [0, 0.05) is 32.7 Å². The third-order valence-corrected chi connectivity index (χ3v) is 4.43. The zero-order valence-corrected chi connectivity index (χ0v) is 10.8. The predicted octanol–water partition coefficient (Wildman–Crippen LogP) is -0.133. The van der Waals surface area contributed by atoms with Gasteiger partial charge in [0.25, 0.3) is 10.2 Å². The molecule has 0 aromatic rings. The van der Waals surface area contributed by atoms with Crippen molar-refractivity contribution in [2.24, 2.45) is 0 Å². The van der Waals surface area contributed by atoms with E-state index < -0.39 is 10.2 Å². The Hall–Kier alpha value is -0.170. The van der Waals surface area contributed by atoms with Gasteiger partial charge in [-0.1, -0.05) is 0 Å². The summed E-state index contributed by atoms with van der Waals surface area (Å²) in [5, 5.41) is 3.34. The van der Waals surface area contributed by atoms with Crippen molar-refractivity contribution in [2.75, 3.05) is 33.7 Å². The molecule has 0 saturated carbocycles. The van der Waals surface area contributed by atoms with Crippen LogP contribution >= 0.6 is 0 Å². The molecule has 0 atom stereocenters. The van der Waals surface area contributed by atoms with Crippen molar-refractivity contribution in [3.63, 3.8) is 0 Å². The highest BCUT2D eigenvalue weighted by Crippen LogP contribution is 2.15. The van der Waals surface area contributed by atoms with E-state index in [4.69, 9.17) is 0 Å². The van der Waals surface area contributed by atoms with Gasteiger partial charge in [0.1, 0.15) is 0 Å². The van der Waals surface area contributed by atoms with Crippen LogP contribution in [-0.2, 0) is 10.2 Å². The molecule has 0 aromatic carbocycles. The maximum absolute atomic E-state index is 12.0. The highest BCUT2D eigenvalue weighted by Gasteiger charge is 2.32. The Morgan fingerprint density at radius 1 is 1.33 bits per heavy atom. The Labute approximate surface area is 92.6 Å². The maximum atomic E-state index is 12.0. The Bertz CT molecular complexity index is 311. The summed E-state index contributed by atoms with van der Waals surface area (Å²) < 4.78 is 26.7. The van der Waals surface area contributed by atoms with E-state index in [0.29, 0.717) is 13.1 Å². The lowest BCUT2D eigenvalue weighted by Gasteiger charge is -2.30. The molecule has 0 spiro atoms. The lowest BCUT2D eigenvalue weighted by Crippen LogP contribution is -2.50. The van der Waals surface area contributed by atoms with E-state index in [1.165, 1.54) is 4.31 Å². The quantitative estimate of drug-likeness (QED) is 0.725. The zero-order chi connectivity index (χ0) is 11.7. The molecule has 1 aliphatic rings. The van der Waals surface area contributed by atoms with Crippen molar-refractivity contribution in [1.82, 2.24) is 13.9 Å². The maximum Gasteiger partial charge on any atom is 0.281 e. The van der Waals surface area contributed by atoms with Gasteiger partial charge in [-0.25, -0.2) is 0 Å². The van der Waals surface area contributed by atoms with Crippen molar-refractivity contribution in [1.29, 1.82) is 0 Å². The van der Waals surface area contributed by atoms with Crippen LogP contribution in [0.15, 0.2) is 0 Å². The van der Waals surface area contributed by atoms with Crippen molar-refractivity contribution in [3.05, 3.63) is 0 Å². The molecule has 1 rings (SSSR count). The smallest absolute Gasteiger partial charge is 0.281 e. The second kappa shape index (κ2) is 4.37. The summed E-state index contributed by atoms with van der Waals surface area (Å²) >= 11 is 0. The molecule has 1 N–H and O–H groups in total. The SMILES string of the molecule is CN(C)S(=O)(=O)N1CCCNC(C)(C)C1. The molecule has 1 aliphatic heterocycles. The van der Waals surface area contributed by atoms with E-state index in [1.54, 1.807) is 18.4 Å². The normalized spacial score (nSPS) is 24.1. The molecule has 1 heterocycles. The van der Waals surface area contributed by atoms with E-state index in [1.807, 2.05) is 13.8 Å². The highest BCUT2D eigenvalue weighted by atomic mass is 32.2. The summed E-state index contributed by atoms with van der Waals surface area (Å²) in [5.74, 6) is 0. The van der Waals surface area contributed by atoms with Crippen LogP contribution < -0.4 is 5.32 Å². The first-order valence-electron chi connectivity index (χ1n) is 5.18. The molecule has 5 nitrogen and oxygen atoms in total. The van der Waals surface area contributed by atoms with E-state index in [0.717, 1.165) is 13.0 Å². The fourth-order valence-corrected chi connectivity index (χ4v) is 2.99. The van der Waals surface area contributed by atoms with Crippen molar-refractivity contribution in [3.8, 4) is 0 Å². The molecule has 6 heteroatoms. The first-order valence-corrected chi connectivity index (χ1v) is 6.58. The van der Waals surface area contributed by atoms with Crippen molar-refractivity contribution < 1.29 is 8.42 Å². The lowest BCUT2D eigenvalue weighted by molar-refractivity contribution is 0.312. The van der Waals surface area contributed by atoms with E-state index in [9.17, 15) is 8.42 Å². The van der Waals surface area contributed by atoms with E-state index >= 15 is 0 Å². The minimum atomic E-state index is -3.27. The third kappa shape index (κ3) is 3.14. The molecule has 90 valence electrons. The first kappa shape index (κ1) is 12.9. The lowest BCUT2D eigenvalue weighted by atomic mass is 10.1. The zero-order valence-electron chi connectivity index (χ0n) is 9.95. The van der Waals surface area contributed by atoms with Gasteiger partial charge < -0.3 is 5.32 Å². The Morgan fingerprint density at radius 2 is 1.93 bits per heavy atom. The highest BCUT2D eigenvalue weighted by molar-refractivity contribution is 7.86. The summed E-state index contributed by atoms with van der Waals surface area (Å²) in [7, 11) is -0.127. The van der Waals surface area contributed by atoms with Gasteiger partial charge >= 0.3 is 0 Å². The Balaban J connectivity index is 2.86. The summed E-state index contributed by atoms with van der Waals surface area (Å²) in [5.41, 5.74) is -0.153. The van der Waals surface area contributed by atoms with Crippen LogP contribution in [0.1, 0.15) is 20.3 Å². The number of hydrogen-bond acceptors (Lipinski definition) is 3. The van der Waals surface area contributed by atoms with Crippen molar-refractivity contribution in [2.45, 2.75) is 25.8 Å². The van der Waals surface area contributed by atoms with Crippen LogP contribution in [0.4, 0.5) is 0 Å². The van der Waals surface area contributed by atoms with Gasteiger partial charge in [0.2, 0.25) is 0 Å². The number of rotatable bonds is 2. The summed E-state index contributed by atoms with van der Waals surface area (Å²) in [6, 6.07) is 0. The van der Waals surface area contributed by atoms with Gasteiger partial charge in [-0.2, -0.15) is 17.0 Å². The van der Waals surface area contributed by atoms with Crippen LogP contribution in [0, 0.1) is 0 Å². The molecule has 15 heavy (non-hydrogen) atoms. The van der Waals surface area contributed by atoms with E-state index in [-0.39, 0.29) is 5.54 Å². The summed E-state index contributed by atoms with van der Waals surface area (Å²) in [6.45, 7) is 6.03. The number of hydrogen-bond donors (Lipinski definition) is 1. The third-order valence-electron chi connectivity index (χ3n) is 2.55. The van der Waals surface area contributed by atoms with Gasteiger partial charge in [-0.15, -0.1) is 0 Å². The molecule has 1 saturated heterocycles. The average Bonchev–Trinajstić information content (AvgIpc) is 2.26. The largest absolute Gasteiger partial charge is 0.310 e. The second-order valence-corrected chi connectivity index (χ2v) is 6.93. The molecule has 0 amide bonds. The fraction of sp³-hybridized carbons (Fsp3) is 1.00. The Kier molecular flexibility index (Phi) is 3.76. The second-order valence-electron chi connectivity index (χ2n) is 4.79. The van der Waals surface area contributed by atoms with Crippen LogP contribution in [0.5, 0.6) is 0 Å². The molecule has 0 aliphatic carbocycles. The number of nitrogens with zero attached hydrogens (tertiary/aromatic N) is 2. The fourth-order valence-electron chi connectivity index (χ4n) is 1.69. The van der Waals surface area contributed by atoms with Crippen molar-refractivity contribution >= 4 is 10.2 Å². The topological polar surface area (TPSA) is 52.7 Å². The van der Waals surface area contributed by atoms with E-state index in [2.05, 4.69) is 5.32 Å². The summed E-state index contributed by atoms with van der Waals surface area (Å²) in [4.78, 5) is 0. The Morgan fingerprint density at radius 3 is 2.47 bits per heavy atom. The first-order chi connectivity index (χ1) is 6.76. The minimum Gasteiger partial charge on any atom is -0.310 e. The van der Waals surface area contributed by atoms with Gasteiger partial charge in [-0.05, 0) is 26.8 Å². The standard InChI is InChI=1S/C9H21N3O2S/c1-9(2)8-12(7-5-6-10-9)15(13,14)11(3)4/h10H,5-8H2,1-4H3. The monoisotopic (exact) mass is 235 g/mol. The average molecular weight is 235 g/mol. The molecule has 0 unspecified atom stereocenters. The van der Waals surface area contributed by atoms with Crippen LogP contribution in [0.2, 0.25) is 0 Å². The van der Waals surface area contributed by atoms with Crippen LogP contribution in [-0.4, -0.2) is 56.3 Å². The molecule has 0 bridgehead atoms. The van der Waals surface area contributed by atoms with Crippen LogP contribution in [0.3, 0.4) is 0 Å². The van der Waals surface area contributed by atoms with Gasteiger partial charge in [-0.3, -0.25) is 0 Å². The molecule has 1 fully saturated rings. The van der Waals surface area contributed by atoms with Gasteiger partial charge in [0.05, 0.1) is 0 Å². The molecule has 0 radical (unpaired) electrons. The molecular formula is C9H21N3O2S.